The lowest BCUT2D eigenvalue weighted by atomic mass is 10.3. The van der Waals surface area contributed by atoms with E-state index in [1.807, 2.05) is 0 Å². The molecule has 2 aromatic rings. The van der Waals surface area contributed by atoms with E-state index in [4.69, 9.17) is 0 Å². The Morgan fingerprint density at radius 3 is 2.65 bits per heavy atom. The highest BCUT2D eigenvalue weighted by atomic mass is 79.9. The molecule has 0 aliphatic rings. The fourth-order valence-corrected chi connectivity index (χ4v) is 1.97. The van der Waals surface area contributed by atoms with Crippen molar-refractivity contribution in [2.45, 2.75) is 6.92 Å². The normalized spacial score (nSPS) is 10.2. The van der Waals surface area contributed by atoms with Gasteiger partial charge in [0, 0.05) is 16.7 Å². The molecule has 0 saturated carbocycles. The van der Waals surface area contributed by atoms with Crippen molar-refractivity contribution < 1.29 is 13.6 Å². The summed E-state index contributed by atoms with van der Waals surface area (Å²) < 4.78 is 26.9. The number of carbonyl (C=O) groups excluding carboxylic acids is 1. The fraction of sp³-hybridized carbons (Fsp3) is 0.0769. The molecule has 0 saturated heterocycles. The zero-order chi connectivity index (χ0) is 14.7. The van der Waals surface area contributed by atoms with Gasteiger partial charge in [0.05, 0.1) is 5.69 Å². The van der Waals surface area contributed by atoms with Crippen LogP contribution in [-0.4, -0.2) is 11.0 Å². The van der Waals surface area contributed by atoms with Gasteiger partial charge in [-0.05, 0) is 46.6 Å². The fourth-order valence-electron chi connectivity index (χ4n) is 1.52. The molecule has 0 spiro atoms. The highest BCUT2D eigenvalue weighted by molar-refractivity contribution is 9.10. The van der Waals surface area contributed by atoms with Gasteiger partial charge in [-0.1, -0.05) is 0 Å². The van der Waals surface area contributed by atoms with E-state index in [-0.39, 0.29) is 5.69 Å². The van der Waals surface area contributed by atoms with Gasteiger partial charge in [0.1, 0.15) is 17.5 Å². The average molecular weight is 342 g/mol. The lowest BCUT2D eigenvalue weighted by Gasteiger charge is -2.09. The summed E-state index contributed by atoms with van der Waals surface area (Å²) in [5.41, 5.74) is 0.632. The number of amides is 2. The molecule has 104 valence electrons. The van der Waals surface area contributed by atoms with Crippen molar-refractivity contribution in [3.63, 3.8) is 0 Å². The van der Waals surface area contributed by atoms with Crippen LogP contribution in [0.3, 0.4) is 0 Å². The minimum Gasteiger partial charge on any atom is -0.305 e. The van der Waals surface area contributed by atoms with Crippen LogP contribution in [0, 0.1) is 18.6 Å². The van der Waals surface area contributed by atoms with Gasteiger partial charge in [0.15, 0.2) is 0 Å². The molecule has 1 aromatic heterocycles. The minimum atomic E-state index is -0.847. The van der Waals surface area contributed by atoms with Gasteiger partial charge >= 0.3 is 6.03 Å². The largest absolute Gasteiger partial charge is 0.324 e. The van der Waals surface area contributed by atoms with E-state index < -0.39 is 17.7 Å². The van der Waals surface area contributed by atoms with E-state index in [9.17, 15) is 13.6 Å². The Bertz CT molecular complexity index is 609. The second-order valence-electron chi connectivity index (χ2n) is 4.02. The van der Waals surface area contributed by atoms with Crippen LogP contribution in [-0.2, 0) is 0 Å². The van der Waals surface area contributed by atoms with Crippen molar-refractivity contribution in [3.05, 3.63) is 52.1 Å². The van der Waals surface area contributed by atoms with Gasteiger partial charge in [-0.15, -0.1) is 0 Å². The van der Waals surface area contributed by atoms with Crippen LogP contribution in [0.25, 0.3) is 0 Å². The Hall–Kier alpha value is -2.02. The molecule has 0 unspecified atom stereocenters. The number of pyridine rings is 1. The smallest absolute Gasteiger partial charge is 0.305 e. The van der Waals surface area contributed by atoms with Crippen LogP contribution in [0.1, 0.15) is 5.56 Å². The molecular formula is C13H10BrF2N3O. The molecule has 2 N–H and O–H groups in total. The van der Waals surface area contributed by atoms with Crippen LogP contribution in [0.4, 0.5) is 25.1 Å². The number of anilines is 2. The molecule has 20 heavy (non-hydrogen) atoms. The van der Waals surface area contributed by atoms with Crippen LogP contribution in [0.2, 0.25) is 0 Å². The van der Waals surface area contributed by atoms with Crippen LogP contribution in [0.15, 0.2) is 34.9 Å². The van der Waals surface area contributed by atoms with Crippen LogP contribution in [0.5, 0.6) is 0 Å². The van der Waals surface area contributed by atoms with E-state index in [2.05, 4.69) is 31.5 Å². The van der Waals surface area contributed by atoms with Gasteiger partial charge in [-0.25, -0.2) is 18.6 Å². The van der Waals surface area contributed by atoms with Crippen molar-refractivity contribution in [1.29, 1.82) is 0 Å². The number of nitrogens with zero attached hydrogens (tertiary/aromatic N) is 1. The molecule has 0 radical (unpaired) electrons. The first-order chi connectivity index (χ1) is 9.45. The molecule has 0 bridgehead atoms. The summed E-state index contributed by atoms with van der Waals surface area (Å²) in [5, 5.41) is 4.77. The van der Waals surface area contributed by atoms with Crippen molar-refractivity contribution in [1.82, 2.24) is 4.98 Å². The molecule has 0 aliphatic heterocycles. The number of halogens is 3. The highest BCUT2D eigenvalue weighted by Crippen LogP contribution is 2.18. The summed E-state index contributed by atoms with van der Waals surface area (Å²) in [6.45, 7) is 1.77. The highest BCUT2D eigenvalue weighted by Gasteiger charge is 2.10. The monoisotopic (exact) mass is 341 g/mol. The van der Waals surface area contributed by atoms with Crippen molar-refractivity contribution in [2.75, 3.05) is 10.6 Å². The summed E-state index contributed by atoms with van der Waals surface area (Å²) >= 11 is 3.26. The van der Waals surface area contributed by atoms with E-state index >= 15 is 0 Å². The summed E-state index contributed by atoms with van der Waals surface area (Å²) in [6.07, 6.45) is 1.53. The summed E-state index contributed by atoms with van der Waals surface area (Å²) in [4.78, 5) is 15.7. The molecule has 0 aliphatic carbocycles. The number of aromatic nitrogens is 1. The minimum absolute atomic E-state index is 0.112. The molecule has 7 heteroatoms. The first kappa shape index (κ1) is 14.4. The Morgan fingerprint density at radius 2 is 2.00 bits per heavy atom. The van der Waals surface area contributed by atoms with Crippen molar-refractivity contribution in [2.24, 2.45) is 0 Å². The number of aryl methyl sites for hydroxylation is 1. The Balaban J connectivity index is 2.09. The SMILES string of the molecule is Cc1cc(Br)cnc1NC(=O)Nc1ccc(F)cc1F. The first-order valence-corrected chi connectivity index (χ1v) is 6.40. The predicted octanol–water partition coefficient (Wildman–Crippen LogP) is 4.07. The number of carbonyl (C=O) groups is 1. The zero-order valence-electron chi connectivity index (χ0n) is 10.4. The summed E-state index contributed by atoms with van der Waals surface area (Å²) in [5.74, 6) is -1.20. The van der Waals surface area contributed by atoms with Gasteiger partial charge in [0.2, 0.25) is 0 Å². The van der Waals surface area contributed by atoms with Crippen molar-refractivity contribution >= 4 is 33.5 Å². The lowest BCUT2D eigenvalue weighted by molar-refractivity contribution is 0.262. The third-order valence-electron chi connectivity index (χ3n) is 2.46. The maximum atomic E-state index is 13.4. The molecule has 2 amide bonds. The van der Waals surface area contributed by atoms with Crippen LogP contribution >= 0.6 is 15.9 Å². The quantitative estimate of drug-likeness (QED) is 0.864. The zero-order valence-corrected chi connectivity index (χ0v) is 12.0. The summed E-state index contributed by atoms with van der Waals surface area (Å²) in [7, 11) is 0. The van der Waals surface area contributed by atoms with Gasteiger partial charge in [0.25, 0.3) is 0 Å². The Morgan fingerprint density at radius 1 is 1.25 bits per heavy atom. The number of hydrogen-bond acceptors (Lipinski definition) is 2. The van der Waals surface area contributed by atoms with E-state index in [0.29, 0.717) is 11.9 Å². The van der Waals surface area contributed by atoms with Gasteiger partial charge < -0.3 is 5.32 Å². The molecule has 4 nitrogen and oxygen atoms in total. The molecule has 1 aromatic carbocycles. The lowest BCUT2D eigenvalue weighted by Crippen LogP contribution is -2.21. The summed E-state index contributed by atoms with van der Waals surface area (Å²) in [6, 6.07) is 4.02. The maximum Gasteiger partial charge on any atom is 0.324 e. The van der Waals surface area contributed by atoms with Gasteiger partial charge in [-0.2, -0.15) is 0 Å². The second kappa shape index (κ2) is 5.96. The standard InChI is InChI=1S/C13H10BrF2N3O/c1-7-4-8(14)6-17-12(7)19-13(20)18-11-3-2-9(15)5-10(11)16/h2-6H,1H3,(H2,17,18,19,20). The third kappa shape index (κ3) is 3.51. The van der Waals surface area contributed by atoms with Crippen molar-refractivity contribution in [3.8, 4) is 0 Å². The van der Waals surface area contributed by atoms with Crippen LogP contribution < -0.4 is 10.6 Å². The molecule has 2 rings (SSSR count). The molecular weight excluding hydrogens is 332 g/mol. The van der Waals surface area contributed by atoms with E-state index in [1.165, 1.54) is 6.20 Å². The number of nitrogens with one attached hydrogen (secondary N) is 2. The average Bonchev–Trinajstić information content (AvgIpc) is 2.36. The first-order valence-electron chi connectivity index (χ1n) is 5.61. The second-order valence-corrected chi connectivity index (χ2v) is 4.94. The third-order valence-corrected chi connectivity index (χ3v) is 2.89. The number of rotatable bonds is 2. The maximum absolute atomic E-state index is 13.4. The topological polar surface area (TPSA) is 54.0 Å². The Kier molecular flexibility index (Phi) is 4.29. The Labute approximate surface area is 122 Å². The molecule has 1 heterocycles. The number of urea groups is 1. The van der Waals surface area contributed by atoms with Gasteiger partial charge in [-0.3, -0.25) is 5.32 Å². The predicted molar refractivity (Wildman–Crippen MR) is 75.7 cm³/mol. The molecule has 0 fully saturated rings. The molecule has 0 atom stereocenters. The van der Waals surface area contributed by atoms with E-state index in [1.54, 1.807) is 13.0 Å². The number of benzene rings is 1. The number of hydrogen-bond donors (Lipinski definition) is 2. The van der Waals surface area contributed by atoms with E-state index in [0.717, 1.165) is 22.2 Å².